The third kappa shape index (κ3) is 1.43. The first-order valence-electron chi connectivity index (χ1n) is 4.09. The van der Waals surface area contributed by atoms with E-state index in [0.717, 1.165) is 17.4 Å². The summed E-state index contributed by atoms with van der Waals surface area (Å²) in [6.45, 7) is 0. The minimum absolute atomic E-state index is 0.00125. The summed E-state index contributed by atoms with van der Waals surface area (Å²) in [5.74, 6) is -0.147. The van der Waals surface area contributed by atoms with Crippen molar-refractivity contribution in [2.75, 3.05) is 0 Å². The Hall–Kier alpha value is -1.70. The van der Waals surface area contributed by atoms with Crippen molar-refractivity contribution in [1.29, 1.82) is 0 Å². The fourth-order valence-electron chi connectivity index (χ4n) is 1.41. The molecule has 0 aromatic rings. The molecule has 0 heterocycles. The van der Waals surface area contributed by atoms with Gasteiger partial charge >= 0.3 is 0 Å². The van der Waals surface area contributed by atoms with E-state index < -0.39 is 0 Å². The Bertz CT molecular complexity index is 381. The Kier molecular flexibility index (Phi) is 1.81. The molecule has 2 heteroatoms. The number of carbonyl (C=O) groups excluding carboxylic acids is 2. The van der Waals surface area contributed by atoms with Gasteiger partial charge in [-0.2, -0.15) is 0 Å². The van der Waals surface area contributed by atoms with E-state index in [4.69, 9.17) is 0 Å². The molecule has 1 atom stereocenters. The first-order valence-corrected chi connectivity index (χ1v) is 4.09. The van der Waals surface area contributed by atoms with E-state index in [2.05, 4.69) is 0 Å². The Morgan fingerprint density at radius 1 is 1.15 bits per heavy atom. The van der Waals surface area contributed by atoms with Crippen molar-refractivity contribution in [1.82, 2.24) is 0 Å². The number of hydrogen-bond acceptors (Lipinski definition) is 2. The van der Waals surface area contributed by atoms with Crippen LogP contribution in [0.5, 0.6) is 0 Å². The van der Waals surface area contributed by atoms with Crippen molar-refractivity contribution in [3.05, 3.63) is 47.6 Å². The van der Waals surface area contributed by atoms with Crippen LogP contribution in [0.1, 0.15) is 0 Å². The summed E-state index contributed by atoms with van der Waals surface area (Å²) in [7, 11) is 0. The van der Waals surface area contributed by atoms with E-state index in [9.17, 15) is 9.59 Å². The molecule has 64 valence electrons. The number of carbonyl (C=O) groups is 2. The molecule has 0 spiro atoms. The summed E-state index contributed by atoms with van der Waals surface area (Å²) < 4.78 is 0. The third-order valence-corrected chi connectivity index (χ3v) is 2.09. The van der Waals surface area contributed by atoms with Gasteiger partial charge in [0.15, 0.2) is 5.78 Å². The van der Waals surface area contributed by atoms with Crippen LogP contribution in [0.3, 0.4) is 0 Å². The van der Waals surface area contributed by atoms with Crippen LogP contribution in [0.25, 0.3) is 0 Å². The van der Waals surface area contributed by atoms with Gasteiger partial charge < -0.3 is 4.79 Å². The number of ketones is 1. The van der Waals surface area contributed by atoms with Crippen LogP contribution < -0.4 is 0 Å². The molecule has 0 bridgehead atoms. The Balaban J connectivity index is 2.38. The van der Waals surface area contributed by atoms with Crippen molar-refractivity contribution in [2.45, 2.75) is 0 Å². The average molecular weight is 172 g/mol. The first-order chi connectivity index (χ1) is 6.29. The predicted octanol–water partition coefficient (Wildman–Crippen LogP) is 1.36. The molecule has 0 N–H and O–H groups in total. The molecule has 2 rings (SSSR count). The van der Waals surface area contributed by atoms with Crippen molar-refractivity contribution >= 4 is 12.1 Å². The molecule has 0 fully saturated rings. The summed E-state index contributed by atoms with van der Waals surface area (Å²) in [5, 5.41) is 0. The lowest BCUT2D eigenvalue weighted by Gasteiger charge is -2.13. The monoisotopic (exact) mass is 172 g/mol. The second-order valence-electron chi connectivity index (χ2n) is 3.03. The Labute approximate surface area is 75.9 Å². The second kappa shape index (κ2) is 2.98. The number of allylic oxidation sites excluding steroid dienone is 8. The standard InChI is InChI=1S/C11H8O2/c12-7-8-1-2-10-6-11(13)4-3-9(10)5-8/h1-8H. The van der Waals surface area contributed by atoms with E-state index in [1.54, 1.807) is 18.2 Å². The topological polar surface area (TPSA) is 34.1 Å². The van der Waals surface area contributed by atoms with Gasteiger partial charge in [0.2, 0.25) is 0 Å². The summed E-state index contributed by atoms with van der Waals surface area (Å²) in [6, 6.07) is 0. The van der Waals surface area contributed by atoms with Crippen LogP contribution in [-0.4, -0.2) is 12.1 Å². The molecule has 0 radical (unpaired) electrons. The molecule has 2 nitrogen and oxygen atoms in total. The molecule has 0 aromatic heterocycles. The van der Waals surface area contributed by atoms with Crippen molar-refractivity contribution in [3.8, 4) is 0 Å². The highest BCUT2D eigenvalue weighted by Gasteiger charge is 2.13. The number of aldehydes is 1. The summed E-state index contributed by atoms with van der Waals surface area (Å²) in [4.78, 5) is 21.5. The molecule has 13 heavy (non-hydrogen) atoms. The maximum Gasteiger partial charge on any atom is 0.179 e. The van der Waals surface area contributed by atoms with Crippen molar-refractivity contribution < 1.29 is 9.59 Å². The molecule has 0 aliphatic heterocycles. The SMILES string of the molecule is O=CC1C=CC2=CC(=O)C=CC2=C1. The van der Waals surface area contributed by atoms with Gasteiger partial charge in [-0.3, -0.25) is 4.79 Å². The Morgan fingerprint density at radius 2 is 2.00 bits per heavy atom. The van der Waals surface area contributed by atoms with Crippen molar-refractivity contribution in [2.24, 2.45) is 5.92 Å². The smallest absolute Gasteiger partial charge is 0.179 e. The maximum absolute atomic E-state index is 11.0. The second-order valence-corrected chi connectivity index (χ2v) is 3.03. The molecule has 0 saturated carbocycles. The normalized spacial score (nSPS) is 24.9. The number of fused-ring (bicyclic) bond motifs is 1. The van der Waals surface area contributed by atoms with Gasteiger partial charge in [-0.25, -0.2) is 0 Å². The lowest BCUT2D eigenvalue weighted by atomic mass is 9.90. The minimum atomic E-state index is -0.148. The van der Waals surface area contributed by atoms with Crippen LogP contribution in [0, 0.1) is 5.92 Å². The number of hydrogen-bond donors (Lipinski definition) is 0. The van der Waals surface area contributed by atoms with E-state index in [1.165, 1.54) is 6.08 Å². The van der Waals surface area contributed by atoms with E-state index in [1.807, 2.05) is 12.2 Å². The van der Waals surface area contributed by atoms with E-state index >= 15 is 0 Å². The zero-order chi connectivity index (χ0) is 9.26. The summed E-state index contributed by atoms with van der Waals surface area (Å²) in [6.07, 6.45) is 11.2. The quantitative estimate of drug-likeness (QED) is 0.560. The van der Waals surface area contributed by atoms with Crippen LogP contribution in [0.2, 0.25) is 0 Å². The van der Waals surface area contributed by atoms with Gasteiger partial charge in [0.25, 0.3) is 0 Å². The van der Waals surface area contributed by atoms with Gasteiger partial charge in [0.1, 0.15) is 6.29 Å². The summed E-state index contributed by atoms with van der Waals surface area (Å²) >= 11 is 0. The molecule has 2 aliphatic rings. The Morgan fingerprint density at radius 3 is 2.77 bits per heavy atom. The van der Waals surface area contributed by atoms with Crippen LogP contribution in [-0.2, 0) is 9.59 Å². The van der Waals surface area contributed by atoms with Gasteiger partial charge in [-0.1, -0.05) is 24.3 Å². The van der Waals surface area contributed by atoms with Gasteiger partial charge in [-0.15, -0.1) is 0 Å². The van der Waals surface area contributed by atoms with Gasteiger partial charge in [0.05, 0.1) is 5.92 Å². The fourth-order valence-corrected chi connectivity index (χ4v) is 1.41. The highest BCUT2D eigenvalue weighted by molar-refractivity contribution is 6.03. The first kappa shape index (κ1) is 7.92. The summed E-state index contributed by atoms with van der Waals surface area (Å²) in [5.41, 5.74) is 1.85. The lowest BCUT2D eigenvalue weighted by Crippen LogP contribution is -2.05. The average Bonchev–Trinajstić information content (AvgIpc) is 2.17. The predicted molar refractivity (Wildman–Crippen MR) is 49.0 cm³/mol. The lowest BCUT2D eigenvalue weighted by molar-refractivity contribution is -0.110. The van der Waals surface area contributed by atoms with E-state index in [-0.39, 0.29) is 11.7 Å². The van der Waals surface area contributed by atoms with Crippen LogP contribution in [0.15, 0.2) is 47.6 Å². The molecule has 1 unspecified atom stereocenters. The third-order valence-electron chi connectivity index (χ3n) is 2.09. The highest BCUT2D eigenvalue weighted by atomic mass is 16.1. The fraction of sp³-hybridized carbons (Fsp3) is 0.0909. The molecular formula is C11H8O2. The van der Waals surface area contributed by atoms with Crippen molar-refractivity contribution in [3.63, 3.8) is 0 Å². The van der Waals surface area contributed by atoms with Crippen LogP contribution in [0.4, 0.5) is 0 Å². The van der Waals surface area contributed by atoms with E-state index in [0.29, 0.717) is 0 Å². The van der Waals surface area contributed by atoms with Gasteiger partial charge in [0, 0.05) is 0 Å². The van der Waals surface area contributed by atoms with Crippen LogP contribution >= 0.6 is 0 Å². The molecule has 0 aromatic carbocycles. The molecule has 0 amide bonds. The minimum Gasteiger partial charge on any atom is -0.302 e. The zero-order valence-corrected chi connectivity index (χ0v) is 6.94. The largest absolute Gasteiger partial charge is 0.302 e. The highest BCUT2D eigenvalue weighted by Crippen LogP contribution is 2.24. The van der Waals surface area contributed by atoms with Gasteiger partial charge in [-0.05, 0) is 23.3 Å². The maximum atomic E-state index is 11.0. The molecule has 0 saturated heterocycles. The number of rotatable bonds is 1. The zero-order valence-electron chi connectivity index (χ0n) is 6.94. The molecule has 2 aliphatic carbocycles. The molecular weight excluding hydrogens is 164 g/mol.